The normalized spacial score (nSPS) is 14.2. The summed E-state index contributed by atoms with van der Waals surface area (Å²) in [5.74, 6) is 0.415. The molecule has 0 atom stereocenters. The maximum Gasteiger partial charge on any atom is 0.416 e. The lowest BCUT2D eigenvalue weighted by molar-refractivity contribution is -0.137. The lowest BCUT2D eigenvalue weighted by Crippen LogP contribution is -2.37. The Morgan fingerprint density at radius 3 is 2.51 bits per heavy atom. The predicted octanol–water partition coefficient (Wildman–Crippen LogP) is 5.56. The summed E-state index contributed by atoms with van der Waals surface area (Å²) in [4.78, 5) is 15.5. The van der Waals surface area contributed by atoms with Crippen LogP contribution in [0.4, 0.5) is 13.2 Å². The molecular formula is C29H26F3N3O2. The van der Waals surface area contributed by atoms with Crippen LogP contribution in [0.15, 0.2) is 78.4 Å². The fraction of sp³-hybridized carbons (Fsp3) is 0.241. The molecule has 5 nitrogen and oxygen atoms in total. The van der Waals surface area contributed by atoms with Crippen molar-refractivity contribution >= 4 is 11.5 Å². The van der Waals surface area contributed by atoms with E-state index in [0.717, 1.165) is 35.4 Å². The van der Waals surface area contributed by atoms with Crippen LogP contribution in [0, 0.1) is 11.3 Å². The van der Waals surface area contributed by atoms with E-state index in [1.807, 2.05) is 42.5 Å². The molecule has 4 rings (SSSR count). The maximum atomic E-state index is 13.4. The van der Waals surface area contributed by atoms with Crippen LogP contribution in [-0.2, 0) is 24.1 Å². The number of ether oxygens (including phenoxy) is 1. The third-order valence-corrected chi connectivity index (χ3v) is 6.31. The first-order valence-corrected chi connectivity index (χ1v) is 11.8. The van der Waals surface area contributed by atoms with E-state index in [2.05, 4.69) is 16.3 Å². The Hall–Kier alpha value is -4.09. The Morgan fingerprint density at radius 2 is 1.81 bits per heavy atom. The number of benzene rings is 3. The van der Waals surface area contributed by atoms with Crippen LogP contribution in [0.25, 0.3) is 5.57 Å². The summed E-state index contributed by atoms with van der Waals surface area (Å²) in [6.45, 7) is 1.80. The SMILES string of the molecule is COc1cccc(C2=C(C(=O)NCc3ccc(C(F)(F)F)cc3)CN(Cc3cccc(C#N)c3)CC2)c1. The van der Waals surface area contributed by atoms with Gasteiger partial charge >= 0.3 is 6.18 Å². The van der Waals surface area contributed by atoms with Gasteiger partial charge in [-0.1, -0.05) is 36.4 Å². The second-order valence-corrected chi connectivity index (χ2v) is 8.84. The Morgan fingerprint density at radius 1 is 1.05 bits per heavy atom. The van der Waals surface area contributed by atoms with Gasteiger partial charge in [0.05, 0.1) is 24.3 Å². The van der Waals surface area contributed by atoms with Crippen molar-refractivity contribution in [3.63, 3.8) is 0 Å². The van der Waals surface area contributed by atoms with Gasteiger partial charge in [-0.3, -0.25) is 9.69 Å². The van der Waals surface area contributed by atoms with Crippen LogP contribution < -0.4 is 10.1 Å². The van der Waals surface area contributed by atoms with Gasteiger partial charge in [-0.2, -0.15) is 18.4 Å². The number of nitrogens with one attached hydrogen (secondary N) is 1. The molecular weight excluding hydrogens is 479 g/mol. The summed E-state index contributed by atoms with van der Waals surface area (Å²) in [7, 11) is 1.59. The van der Waals surface area contributed by atoms with Crippen LogP contribution in [0.3, 0.4) is 0 Å². The minimum absolute atomic E-state index is 0.107. The van der Waals surface area contributed by atoms with Crippen LogP contribution in [0.1, 0.15) is 34.2 Å². The van der Waals surface area contributed by atoms with Crippen molar-refractivity contribution < 1.29 is 22.7 Å². The smallest absolute Gasteiger partial charge is 0.416 e. The topological polar surface area (TPSA) is 65.4 Å². The van der Waals surface area contributed by atoms with E-state index in [9.17, 15) is 23.2 Å². The molecule has 0 saturated heterocycles. The second-order valence-electron chi connectivity index (χ2n) is 8.84. The van der Waals surface area contributed by atoms with Crippen molar-refractivity contribution in [1.29, 1.82) is 5.26 Å². The largest absolute Gasteiger partial charge is 0.497 e. The molecule has 0 saturated carbocycles. The van der Waals surface area contributed by atoms with Gasteiger partial charge in [-0.15, -0.1) is 0 Å². The highest BCUT2D eigenvalue weighted by atomic mass is 19.4. The number of hydrogen-bond acceptors (Lipinski definition) is 4. The number of halogens is 3. The van der Waals surface area contributed by atoms with Crippen LogP contribution >= 0.6 is 0 Å². The van der Waals surface area contributed by atoms with Gasteiger partial charge in [0, 0.05) is 31.8 Å². The highest BCUT2D eigenvalue weighted by molar-refractivity contribution is 6.02. The molecule has 3 aromatic carbocycles. The zero-order chi connectivity index (χ0) is 26.4. The Balaban J connectivity index is 1.56. The first-order valence-electron chi connectivity index (χ1n) is 11.8. The summed E-state index contributed by atoms with van der Waals surface area (Å²) < 4.78 is 44.0. The van der Waals surface area contributed by atoms with Gasteiger partial charge < -0.3 is 10.1 Å². The van der Waals surface area contributed by atoms with E-state index in [4.69, 9.17) is 4.74 Å². The molecule has 0 fully saturated rings. The molecule has 37 heavy (non-hydrogen) atoms. The van der Waals surface area contributed by atoms with Crippen LogP contribution in [-0.4, -0.2) is 31.0 Å². The average molecular weight is 506 g/mol. The van der Waals surface area contributed by atoms with Gasteiger partial charge in [0.2, 0.25) is 5.91 Å². The number of rotatable bonds is 7. The highest BCUT2D eigenvalue weighted by Crippen LogP contribution is 2.31. The number of methoxy groups -OCH3 is 1. The quantitative estimate of drug-likeness (QED) is 0.457. The molecule has 0 spiro atoms. The number of alkyl halides is 3. The summed E-state index contributed by atoms with van der Waals surface area (Å²) in [5.41, 5.74) is 3.81. The molecule has 1 heterocycles. The molecule has 0 unspecified atom stereocenters. The molecule has 190 valence electrons. The van der Waals surface area contributed by atoms with Crippen LogP contribution in [0.2, 0.25) is 0 Å². The van der Waals surface area contributed by atoms with E-state index in [0.29, 0.717) is 42.0 Å². The maximum absolute atomic E-state index is 13.4. The average Bonchev–Trinajstić information content (AvgIpc) is 2.91. The Bertz CT molecular complexity index is 1340. The molecule has 1 aliphatic rings. The predicted molar refractivity (Wildman–Crippen MR) is 134 cm³/mol. The lowest BCUT2D eigenvalue weighted by atomic mass is 9.92. The monoisotopic (exact) mass is 505 g/mol. The third kappa shape index (κ3) is 6.57. The van der Waals surface area contributed by atoms with Gasteiger partial charge in [0.25, 0.3) is 0 Å². The summed E-state index contributed by atoms with van der Waals surface area (Å²) >= 11 is 0. The third-order valence-electron chi connectivity index (χ3n) is 6.31. The molecule has 0 bridgehead atoms. The molecule has 0 radical (unpaired) electrons. The van der Waals surface area contributed by atoms with Crippen molar-refractivity contribution in [2.45, 2.75) is 25.7 Å². The van der Waals surface area contributed by atoms with Crippen molar-refractivity contribution in [1.82, 2.24) is 10.2 Å². The molecule has 3 aromatic rings. The zero-order valence-electron chi connectivity index (χ0n) is 20.3. The lowest BCUT2D eigenvalue weighted by Gasteiger charge is -2.31. The number of carbonyl (C=O) groups is 1. The summed E-state index contributed by atoms with van der Waals surface area (Å²) in [6, 6.07) is 21.8. The van der Waals surface area contributed by atoms with Crippen molar-refractivity contribution in [3.05, 3.63) is 106 Å². The fourth-order valence-electron chi connectivity index (χ4n) is 4.39. The van der Waals surface area contributed by atoms with E-state index >= 15 is 0 Å². The molecule has 0 aliphatic carbocycles. The minimum Gasteiger partial charge on any atom is -0.497 e. The van der Waals surface area contributed by atoms with Crippen molar-refractivity contribution in [2.24, 2.45) is 0 Å². The molecule has 8 heteroatoms. The number of nitrogens with zero attached hydrogens (tertiary/aromatic N) is 2. The number of nitriles is 1. The molecule has 1 N–H and O–H groups in total. The molecule has 1 aliphatic heterocycles. The van der Waals surface area contributed by atoms with Gasteiger partial charge in [0.1, 0.15) is 5.75 Å². The molecule has 1 amide bonds. The van der Waals surface area contributed by atoms with Crippen molar-refractivity contribution in [3.8, 4) is 11.8 Å². The zero-order valence-corrected chi connectivity index (χ0v) is 20.3. The summed E-state index contributed by atoms with van der Waals surface area (Å²) in [5, 5.41) is 12.1. The number of hydrogen-bond donors (Lipinski definition) is 1. The minimum atomic E-state index is -4.41. The Kier molecular flexibility index (Phi) is 7.95. The first-order chi connectivity index (χ1) is 17.8. The number of amides is 1. The highest BCUT2D eigenvalue weighted by Gasteiger charge is 2.30. The van der Waals surface area contributed by atoms with E-state index < -0.39 is 11.7 Å². The molecule has 0 aromatic heterocycles. The van der Waals surface area contributed by atoms with Crippen molar-refractivity contribution in [2.75, 3.05) is 20.2 Å². The van der Waals surface area contributed by atoms with Gasteiger partial charge in [-0.25, -0.2) is 0 Å². The Labute approximate surface area is 213 Å². The van der Waals surface area contributed by atoms with Gasteiger partial charge in [0.15, 0.2) is 0 Å². The van der Waals surface area contributed by atoms with E-state index in [1.54, 1.807) is 13.2 Å². The standard InChI is InChI=1S/C29H26F3N3O2/c1-37-25-7-3-6-23(15-25)26-12-13-35(18-22-5-2-4-21(14-22)16-33)19-27(26)28(36)34-17-20-8-10-24(11-9-20)29(30,31)32/h2-11,14-15H,12-13,17-19H2,1H3,(H,34,36). The summed E-state index contributed by atoms with van der Waals surface area (Å²) in [6.07, 6.45) is -3.77. The van der Waals surface area contributed by atoms with Gasteiger partial charge in [-0.05, 0) is 65.1 Å². The van der Waals surface area contributed by atoms with E-state index in [1.165, 1.54) is 12.1 Å². The van der Waals surface area contributed by atoms with Crippen LogP contribution in [0.5, 0.6) is 5.75 Å². The number of carbonyl (C=O) groups excluding carboxylic acids is 1. The van der Waals surface area contributed by atoms with E-state index in [-0.39, 0.29) is 12.5 Å². The fourth-order valence-corrected chi connectivity index (χ4v) is 4.39. The first kappa shape index (κ1) is 26.0. The second kappa shape index (κ2) is 11.3.